The average molecular weight is 309 g/mol. The number of likely N-dealkylation sites (N-methyl/N-ethyl adjacent to an activating group) is 1. The Morgan fingerprint density at radius 3 is 2.48 bits per heavy atom. The van der Waals surface area contributed by atoms with Gasteiger partial charge in [0.1, 0.15) is 0 Å². The Bertz CT molecular complexity index is 600. The number of hydrogen-bond donors (Lipinski definition) is 1. The third-order valence-electron chi connectivity index (χ3n) is 4.91. The van der Waals surface area contributed by atoms with Gasteiger partial charge in [0.2, 0.25) is 10.0 Å². The summed E-state index contributed by atoms with van der Waals surface area (Å²) in [7, 11) is -1.27. The van der Waals surface area contributed by atoms with Gasteiger partial charge in [0.05, 0.1) is 4.90 Å². The lowest BCUT2D eigenvalue weighted by Crippen LogP contribution is -2.39. The topological polar surface area (TPSA) is 66.6 Å². The highest BCUT2D eigenvalue weighted by Gasteiger charge is 2.38. The van der Waals surface area contributed by atoms with Gasteiger partial charge in [-0.1, -0.05) is 12.1 Å². The monoisotopic (exact) mass is 309 g/mol. The van der Waals surface area contributed by atoms with E-state index in [2.05, 4.69) is 11.9 Å². The molecule has 6 heteroatoms. The second-order valence-corrected chi connectivity index (χ2v) is 7.99. The SMILES string of the molecule is CN1C2CCC1CN(S(=O)(=O)c1ccc(CN)cc1)CC2. The van der Waals surface area contributed by atoms with Gasteiger partial charge in [0.25, 0.3) is 0 Å². The van der Waals surface area contributed by atoms with Gasteiger partial charge < -0.3 is 5.73 Å². The molecule has 0 amide bonds. The van der Waals surface area contributed by atoms with Crippen LogP contribution in [0.3, 0.4) is 0 Å². The summed E-state index contributed by atoms with van der Waals surface area (Å²) in [6.07, 6.45) is 3.21. The van der Waals surface area contributed by atoms with E-state index in [1.165, 1.54) is 6.42 Å². The molecule has 5 nitrogen and oxygen atoms in total. The van der Waals surface area contributed by atoms with Crippen LogP contribution in [0.5, 0.6) is 0 Å². The number of fused-ring (bicyclic) bond motifs is 2. The molecule has 2 bridgehead atoms. The quantitative estimate of drug-likeness (QED) is 0.905. The molecule has 1 aromatic rings. The number of nitrogens with zero attached hydrogens (tertiary/aromatic N) is 2. The van der Waals surface area contributed by atoms with Crippen molar-refractivity contribution in [2.24, 2.45) is 5.73 Å². The van der Waals surface area contributed by atoms with E-state index in [9.17, 15) is 8.42 Å². The Morgan fingerprint density at radius 2 is 1.81 bits per heavy atom. The highest BCUT2D eigenvalue weighted by molar-refractivity contribution is 7.89. The summed E-state index contributed by atoms with van der Waals surface area (Å²) in [5.74, 6) is 0. The van der Waals surface area contributed by atoms with Gasteiger partial charge in [-0.2, -0.15) is 4.31 Å². The van der Waals surface area contributed by atoms with E-state index in [4.69, 9.17) is 5.73 Å². The first kappa shape index (κ1) is 15.0. The van der Waals surface area contributed by atoms with E-state index in [0.717, 1.165) is 18.4 Å². The fourth-order valence-electron chi connectivity index (χ4n) is 3.44. The number of benzene rings is 1. The van der Waals surface area contributed by atoms with E-state index in [0.29, 0.717) is 36.6 Å². The molecule has 0 spiro atoms. The molecule has 0 saturated carbocycles. The van der Waals surface area contributed by atoms with Crippen molar-refractivity contribution in [1.29, 1.82) is 0 Å². The van der Waals surface area contributed by atoms with Gasteiger partial charge in [-0.25, -0.2) is 8.42 Å². The van der Waals surface area contributed by atoms with E-state index >= 15 is 0 Å². The molecule has 3 rings (SSSR count). The van der Waals surface area contributed by atoms with Crippen LogP contribution in [0.4, 0.5) is 0 Å². The van der Waals surface area contributed by atoms with Gasteiger partial charge in [-0.3, -0.25) is 4.90 Å². The molecule has 1 aromatic carbocycles. The molecule has 2 unspecified atom stereocenters. The van der Waals surface area contributed by atoms with E-state index in [1.807, 2.05) is 0 Å². The third-order valence-corrected chi connectivity index (χ3v) is 6.79. The molecule has 2 aliphatic heterocycles. The molecule has 2 fully saturated rings. The Labute approximate surface area is 126 Å². The summed E-state index contributed by atoms with van der Waals surface area (Å²) >= 11 is 0. The van der Waals surface area contributed by atoms with Gasteiger partial charge in [-0.15, -0.1) is 0 Å². The zero-order chi connectivity index (χ0) is 15.0. The van der Waals surface area contributed by atoms with Crippen LogP contribution in [-0.2, 0) is 16.6 Å². The van der Waals surface area contributed by atoms with Crippen molar-refractivity contribution in [2.45, 2.75) is 42.8 Å². The summed E-state index contributed by atoms with van der Waals surface area (Å²) in [5, 5.41) is 0. The minimum absolute atomic E-state index is 0.357. The molecule has 2 aliphatic rings. The fourth-order valence-corrected chi connectivity index (χ4v) is 4.93. The molecule has 0 aliphatic carbocycles. The van der Waals surface area contributed by atoms with Crippen LogP contribution >= 0.6 is 0 Å². The van der Waals surface area contributed by atoms with Crippen molar-refractivity contribution >= 4 is 10.0 Å². The summed E-state index contributed by atoms with van der Waals surface area (Å²) < 4.78 is 27.3. The molecule has 116 valence electrons. The van der Waals surface area contributed by atoms with Crippen LogP contribution in [0.15, 0.2) is 29.2 Å². The normalized spacial score (nSPS) is 27.7. The van der Waals surface area contributed by atoms with E-state index in [1.54, 1.807) is 28.6 Å². The second-order valence-electron chi connectivity index (χ2n) is 6.05. The van der Waals surface area contributed by atoms with Crippen LogP contribution in [0.1, 0.15) is 24.8 Å². The molecule has 2 atom stereocenters. The summed E-state index contributed by atoms with van der Waals surface area (Å²) in [4.78, 5) is 2.73. The maximum atomic E-state index is 12.8. The van der Waals surface area contributed by atoms with Gasteiger partial charge in [-0.05, 0) is 44.0 Å². The lowest BCUT2D eigenvalue weighted by molar-refractivity contribution is 0.246. The molecule has 2 saturated heterocycles. The predicted molar refractivity (Wildman–Crippen MR) is 82.3 cm³/mol. The van der Waals surface area contributed by atoms with Gasteiger partial charge in [0, 0.05) is 31.7 Å². The van der Waals surface area contributed by atoms with Crippen molar-refractivity contribution in [3.05, 3.63) is 29.8 Å². The van der Waals surface area contributed by atoms with Crippen molar-refractivity contribution in [3.8, 4) is 0 Å². The van der Waals surface area contributed by atoms with Crippen LogP contribution in [0.25, 0.3) is 0 Å². The number of nitrogens with two attached hydrogens (primary N) is 1. The molecular weight excluding hydrogens is 286 g/mol. The second kappa shape index (κ2) is 5.68. The van der Waals surface area contributed by atoms with Gasteiger partial charge >= 0.3 is 0 Å². The maximum absolute atomic E-state index is 12.8. The van der Waals surface area contributed by atoms with Crippen molar-refractivity contribution in [3.63, 3.8) is 0 Å². The average Bonchev–Trinajstić information content (AvgIpc) is 2.71. The Morgan fingerprint density at radius 1 is 1.14 bits per heavy atom. The van der Waals surface area contributed by atoms with Crippen LogP contribution in [0.2, 0.25) is 0 Å². The maximum Gasteiger partial charge on any atom is 0.243 e. The highest BCUT2D eigenvalue weighted by atomic mass is 32.2. The molecule has 2 heterocycles. The van der Waals surface area contributed by atoms with Crippen molar-refractivity contribution < 1.29 is 8.42 Å². The Hall–Kier alpha value is -0.950. The first-order valence-corrected chi connectivity index (χ1v) is 8.97. The zero-order valence-corrected chi connectivity index (χ0v) is 13.2. The van der Waals surface area contributed by atoms with Gasteiger partial charge in [0.15, 0.2) is 0 Å². The lowest BCUT2D eigenvalue weighted by atomic mass is 10.1. The van der Waals surface area contributed by atoms with Crippen molar-refractivity contribution in [2.75, 3.05) is 20.1 Å². The highest BCUT2D eigenvalue weighted by Crippen LogP contribution is 2.30. The zero-order valence-electron chi connectivity index (χ0n) is 12.4. The first-order valence-electron chi connectivity index (χ1n) is 7.53. The minimum Gasteiger partial charge on any atom is -0.326 e. The number of hydrogen-bond acceptors (Lipinski definition) is 4. The summed E-state index contributed by atoms with van der Waals surface area (Å²) in [5.41, 5.74) is 6.51. The smallest absolute Gasteiger partial charge is 0.243 e. The molecule has 2 N–H and O–H groups in total. The summed E-state index contributed by atoms with van der Waals surface area (Å²) in [6, 6.07) is 7.83. The van der Waals surface area contributed by atoms with Crippen LogP contribution < -0.4 is 5.73 Å². The largest absolute Gasteiger partial charge is 0.326 e. The van der Waals surface area contributed by atoms with Crippen LogP contribution in [-0.4, -0.2) is 49.8 Å². The Balaban J connectivity index is 1.84. The summed E-state index contributed by atoms with van der Waals surface area (Å²) in [6.45, 7) is 1.65. The molecule has 0 radical (unpaired) electrons. The number of sulfonamides is 1. The Kier molecular flexibility index (Phi) is 4.05. The predicted octanol–water partition coefficient (Wildman–Crippen LogP) is 1.00. The molecule has 0 aromatic heterocycles. The first-order chi connectivity index (χ1) is 10.0. The lowest BCUT2D eigenvalue weighted by Gasteiger charge is -2.25. The molecular formula is C15H23N3O2S. The fraction of sp³-hybridized carbons (Fsp3) is 0.600. The standard InChI is InChI=1S/C15H23N3O2S/c1-17-13-4-5-14(17)11-18(9-8-13)21(19,20)15-6-2-12(10-16)3-7-15/h2-3,6-7,13-14H,4-5,8-11,16H2,1H3. The van der Waals surface area contributed by atoms with E-state index < -0.39 is 10.0 Å². The van der Waals surface area contributed by atoms with E-state index in [-0.39, 0.29) is 0 Å². The van der Waals surface area contributed by atoms with Crippen molar-refractivity contribution in [1.82, 2.24) is 9.21 Å². The molecule has 21 heavy (non-hydrogen) atoms. The van der Waals surface area contributed by atoms with Crippen LogP contribution in [0, 0.1) is 0 Å². The number of rotatable bonds is 3. The minimum atomic E-state index is -3.39. The third kappa shape index (κ3) is 2.73.